The molecule has 34 heavy (non-hydrogen) atoms. The quantitative estimate of drug-likeness (QED) is 0.636. The topological polar surface area (TPSA) is 69.7 Å². The van der Waals surface area contributed by atoms with Crippen LogP contribution in [-0.4, -0.2) is 49.7 Å². The van der Waals surface area contributed by atoms with Crippen molar-refractivity contribution in [3.05, 3.63) is 64.7 Å². The first kappa shape index (κ1) is 24.9. The summed E-state index contributed by atoms with van der Waals surface area (Å²) in [5.74, 6) is 0.299. The van der Waals surface area contributed by atoms with Gasteiger partial charge in [-0.3, -0.25) is 9.69 Å². The Hall–Kier alpha value is -2.22. The van der Waals surface area contributed by atoms with Gasteiger partial charge in [0.1, 0.15) is 0 Å². The second-order valence-corrected chi connectivity index (χ2v) is 11.8. The number of rotatable bonds is 7. The maximum absolute atomic E-state index is 13.2. The zero-order chi connectivity index (χ0) is 24.1. The zero-order valence-corrected chi connectivity index (χ0v) is 21.2. The fourth-order valence-corrected chi connectivity index (χ4v) is 6.37. The van der Waals surface area contributed by atoms with Gasteiger partial charge in [-0.25, -0.2) is 8.42 Å². The molecule has 2 saturated heterocycles. The van der Waals surface area contributed by atoms with Crippen LogP contribution in [0.15, 0.2) is 47.4 Å². The number of amides is 1. The van der Waals surface area contributed by atoms with Crippen LogP contribution in [-0.2, 0) is 23.1 Å². The van der Waals surface area contributed by atoms with E-state index in [1.54, 1.807) is 16.4 Å². The van der Waals surface area contributed by atoms with E-state index >= 15 is 0 Å². The largest absolute Gasteiger partial charge is 0.348 e. The SMILES string of the molecule is Cc1ccc(S(=O)(=O)N2CCC(C)CC2)cc1C(=O)NCc1cccc(CN2CCCCC2)c1. The summed E-state index contributed by atoms with van der Waals surface area (Å²) in [4.78, 5) is 15.7. The van der Waals surface area contributed by atoms with Gasteiger partial charge in [-0.05, 0) is 80.4 Å². The highest BCUT2D eigenvalue weighted by Crippen LogP contribution is 2.25. The molecule has 184 valence electrons. The van der Waals surface area contributed by atoms with Crippen molar-refractivity contribution in [3.8, 4) is 0 Å². The molecule has 1 N–H and O–H groups in total. The molecule has 0 atom stereocenters. The van der Waals surface area contributed by atoms with E-state index in [4.69, 9.17) is 0 Å². The number of nitrogens with one attached hydrogen (secondary N) is 1. The van der Waals surface area contributed by atoms with E-state index in [1.165, 1.54) is 30.9 Å². The third-order valence-electron chi connectivity index (χ3n) is 7.13. The summed E-state index contributed by atoms with van der Waals surface area (Å²) < 4.78 is 27.9. The lowest BCUT2D eigenvalue weighted by Crippen LogP contribution is -2.38. The van der Waals surface area contributed by atoms with Gasteiger partial charge in [0.05, 0.1) is 4.90 Å². The number of benzene rings is 2. The molecule has 2 aromatic rings. The van der Waals surface area contributed by atoms with Gasteiger partial charge in [0.25, 0.3) is 5.91 Å². The first-order valence-electron chi connectivity index (χ1n) is 12.5. The fraction of sp³-hybridized carbons (Fsp3) is 0.519. The van der Waals surface area contributed by atoms with Crippen LogP contribution < -0.4 is 5.32 Å². The van der Waals surface area contributed by atoms with E-state index in [0.29, 0.717) is 31.1 Å². The Bertz CT molecular complexity index is 1100. The van der Waals surface area contributed by atoms with E-state index in [0.717, 1.165) is 43.6 Å². The van der Waals surface area contributed by atoms with Gasteiger partial charge >= 0.3 is 0 Å². The molecule has 0 saturated carbocycles. The molecule has 7 heteroatoms. The molecule has 2 aliphatic heterocycles. The highest BCUT2D eigenvalue weighted by Gasteiger charge is 2.29. The van der Waals surface area contributed by atoms with Crippen LogP contribution >= 0.6 is 0 Å². The summed E-state index contributed by atoms with van der Waals surface area (Å²) >= 11 is 0. The van der Waals surface area contributed by atoms with E-state index in [-0.39, 0.29) is 10.8 Å². The van der Waals surface area contributed by atoms with Crippen LogP contribution in [0.2, 0.25) is 0 Å². The summed E-state index contributed by atoms with van der Waals surface area (Å²) in [5.41, 5.74) is 3.49. The number of sulfonamides is 1. The van der Waals surface area contributed by atoms with Gasteiger partial charge in [0, 0.05) is 31.7 Å². The third kappa shape index (κ3) is 6.06. The van der Waals surface area contributed by atoms with Crippen molar-refractivity contribution in [2.24, 2.45) is 5.92 Å². The summed E-state index contributed by atoms with van der Waals surface area (Å²) in [7, 11) is -3.60. The highest BCUT2D eigenvalue weighted by atomic mass is 32.2. The molecule has 0 aromatic heterocycles. The van der Waals surface area contributed by atoms with E-state index < -0.39 is 10.0 Å². The Kier molecular flexibility index (Phi) is 8.06. The van der Waals surface area contributed by atoms with Gasteiger partial charge in [-0.2, -0.15) is 4.31 Å². The van der Waals surface area contributed by atoms with Gasteiger partial charge in [-0.1, -0.05) is 43.7 Å². The predicted octanol–water partition coefficient (Wildman–Crippen LogP) is 4.33. The van der Waals surface area contributed by atoms with Crippen molar-refractivity contribution in [2.75, 3.05) is 26.2 Å². The fourth-order valence-electron chi connectivity index (χ4n) is 4.87. The molecular weight excluding hydrogens is 446 g/mol. The first-order valence-corrected chi connectivity index (χ1v) is 14.0. The van der Waals surface area contributed by atoms with Gasteiger partial charge in [-0.15, -0.1) is 0 Å². The number of nitrogens with zero attached hydrogens (tertiary/aromatic N) is 2. The van der Waals surface area contributed by atoms with Crippen molar-refractivity contribution in [2.45, 2.75) is 63.9 Å². The van der Waals surface area contributed by atoms with Crippen LogP contribution in [0.4, 0.5) is 0 Å². The van der Waals surface area contributed by atoms with Crippen LogP contribution in [0.25, 0.3) is 0 Å². The molecular formula is C27H37N3O3S. The average Bonchev–Trinajstić information content (AvgIpc) is 2.84. The summed E-state index contributed by atoms with van der Waals surface area (Å²) in [6.07, 6.45) is 5.59. The number of aryl methyl sites for hydroxylation is 1. The Morgan fingerprint density at radius 3 is 2.41 bits per heavy atom. The van der Waals surface area contributed by atoms with Crippen molar-refractivity contribution < 1.29 is 13.2 Å². The Balaban J connectivity index is 1.42. The number of carbonyl (C=O) groups is 1. The minimum atomic E-state index is -3.60. The predicted molar refractivity (Wildman–Crippen MR) is 135 cm³/mol. The maximum atomic E-state index is 13.2. The molecule has 0 radical (unpaired) electrons. The summed E-state index contributed by atoms with van der Waals surface area (Å²) in [6, 6.07) is 13.2. The molecule has 4 rings (SSSR count). The minimum absolute atomic E-state index is 0.196. The van der Waals surface area contributed by atoms with Gasteiger partial charge in [0.2, 0.25) is 10.0 Å². The van der Waals surface area contributed by atoms with Gasteiger partial charge < -0.3 is 5.32 Å². The summed E-state index contributed by atoms with van der Waals surface area (Å²) in [6.45, 7) is 8.71. The van der Waals surface area contributed by atoms with Crippen molar-refractivity contribution in [1.29, 1.82) is 0 Å². The van der Waals surface area contributed by atoms with E-state index in [9.17, 15) is 13.2 Å². The monoisotopic (exact) mass is 483 g/mol. The second-order valence-electron chi connectivity index (χ2n) is 9.90. The second kappa shape index (κ2) is 11.0. The smallest absolute Gasteiger partial charge is 0.251 e. The lowest BCUT2D eigenvalue weighted by Gasteiger charge is -2.29. The lowest BCUT2D eigenvalue weighted by molar-refractivity contribution is 0.0950. The standard InChI is InChI=1S/C27H37N3O3S/c1-21-11-15-30(16-12-21)34(32,33)25-10-9-22(2)26(18-25)27(31)28-19-23-7-6-8-24(17-23)20-29-13-4-3-5-14-29/h6-10,17-18,21H,3-5,11-16,19-20H2,1-2H3,(H,28,31). The molecule has 0 spiro atoms. The van der Waals surface area contributed by atoms with Crippen LogP contribution in [0.1, 0.15) is 66.1 Å². The molecule has 0 aliphatic carbocycles. The number of piperidine rings is 2. The normalized spacial score (nSPS) is 18.6. The first-order chi connectivity index (χ1) is 16.3. The molecule has 1 amide bonds. The maximum Gasteiger partial charge on any atom is 0.251 e. The van der Waals surface area contributed by atoms with Crippen molar-refractivity contribution in [1.82, 2.24) is 14.5 Å². The molecule has 6 nitrogen and oxygen atoms in total. The van der Waals surface area contributed by atoms with Crippen LogP contribution in [0.3, 0.4) is 0 Å². The Morgan fingerprint density at radius 2 is 1.68 bits per heavy atom. The summed E-state index contributed by atoms with van der Waals surface area (Å²) in [5, 5.41) is 2.99. The minimum Gasteiger partial charge on any atom is -0.348 e. The van der Waals surface area contributed by atoms with E-state index in [2.05, 4.69) is 29.3 Å². The molecule has 0 bridgehead atoms. The van der Waals surface area contributed by atoms with Gasteiger partial charge in [0.15, 0.2) is 0 Å². The average molecular weight is 484 g/mol. The van der Waals surface area contributed by atoms with E-state index in [1.807, 2.05) is 19.1 Å². The van der Waals surface area contributed by atoms with Crippen LogP contribution in [0, 0.1) is 12.8 Å². The number of likely N-dealkylation sites (tertiary alicyclic amines) is 1. The molecule has 2 heterocycles. The third-order valence-corrected chi connectivity index (χ3v) is 9.03. The number of hydrogen-bond acceptors (Lipinski definition) is 4. The number of carbonyl (C=O) groups excluding carboxylic acids is 1. The molecule has 2 aliphatic rings. The Labute approximate surface area is 204 Å². The molecule has 2 aromatic carbocycles. The Morgan fingerprint density at radius 1 is 0.971 bits per heavy atom. The lowest BCUT2D eigenvalue weighted by atomic mass is 10.0. The van der Waals surface area contributed by atoms with Crippen molar-refractivity contribution in [3.63, 3.8) is 0 Å². The van der Waals surface area contributed by atoms with Crippen molar-refractivity contribution >= 4 is 15.9 Å². The number of hydrogen-bond donors (Lipinski definition) is 1. The zero-order valence-electron chi connectivity index (χ0n) is 20.4. The van der Waals surface area contributed by atoms with Crippen LogP contribution in [0.5, 0.6) is 0 Å². The molecule has 0 unspecified atom stereocenters. The highest BCUT2D eigenvalue weighted by molar-refractivity contribution is 7.89. The molecule has 2 fully saturated rings.